The summed E-state index contributed by atoms with van der Waals surface area (Å²) in [4.78, 5) is 31.4. The van der Waals surface area contributed by atoms with Crippen LogP contribution in [0.3, 0.4) is 0 Å². The normalized spacial score (nSPS) is 17.1. The summed E-state index contributed by atoms with van der Waals surface area (Å²) in [5.41, 5.74) is 4.04. The van der Waals surface area contributed by atoms with E-state index < -0.39 is 23.5 Å². The van der Waals surface area contributed by atoms with Gasteiger partial charge in [-0.2, -0.15) is 0 Å². The van der Waals surface area contributed by atoms with Crippen LogP contribution in [0.5, 0.6) is 5.75 Å². The van der Waals surface area contributed by atoms with Crippen molar-refractivity contribution in [3.8, 4) is 5.75 Å². The van der Waals surface area contributed by atoms with Gasteiger partial charge in [0.2, 0.25) is 0 Å². The fraction of sp³-hybridized carbons (Fsp3) is 0.226. The first kappa shape index (κ1) is 25.3. The smallest absolute Gasteiger partial charge is 0.295 e. The zero-order valence-electron chi connectivity index (χ0n) is 21.5. The van der Waals surface area contributed by atoms with Gasteiger partial charge < -0.3 is 19.7 Å². The molecule has 2 heterocycles. The van der Waals surface area contributed by atoms with Gasteiger partial charge in [-0.15, -0.1) is 0 Å². The van der Waals surface area contributed by atoms with Crippen LogP contribution >= 0.6 is 0 Å². The monoisotopic (exact) mass is 512 g/mol. The van der Waals surface area contributed by atoms with Gasteiger partial charge in [0.1, 0.15) is 17.3 Å². The van der Waals surface area contributed by atoms with Crippen molar-refractivity contribution in [2.75, 3.05) is 13.7 Å². The number of carbonyl (C=O) groups excluding carboxylic acids is 2. The van der Waals surface area contributed by atoms with Gasteiger partial charge in [0.15, 0.2) is 0 Å². The molecule has 0 unspecified atom stereocenters. The maximum absolute atomic E-state index is 13.5. The molecule has 0 saturated carbocycles. The van der Waals surface area contributed by atoms with E-state index in [0.717, 1.165) is 33.3 Å². The maximum atomic E-state index is 13.5. The third-order valence-corrected chi connectivity index (χ3v) is 7.17. The maximum Gasteiger partial charge on any atom is 0.295 e. The van der Waals surface area contributed by atoms with Crippen LogP contribution in [-0.2, 0) is 16.0 Å². The Balaban J connectivity index is 1.55. The van der Waals surface area contributed by atoms with E-state index in [-0.39, 0.29) is 23.4 Å². The molecule has 7 heteroatoms. The molecular formula is C31H29FN2O4. The summed E-state index contributed by atoms with van der Waals surface area (Å²) in [5, 5.41) is 12.2. The highest BCUT2D eigenvalue weighted by molar-refractivity contribution is 6.46. The SMILES string of the molecule is COc1ccc2[nH]cc(CCN3C(=O)C(=O)C(=C(O)c4ccc(F)cc4)[C@@H]3c3ccc(C(C)C)cc3)c2c1. The number of rotatable bonds is 7. The Morgan fingerprint density at radius 3 is 2.42 bits per heavy atom. The highest BCUT2D eigenvalue weighted by atomic mass is 19.1. The number of aliphatic hydroxyl groups excluding tert-OH is 1. The molecule has 194 valence electrons. The number of nitrogens with one attached hydrogen (secondary N) is 1. The Labute approximate surface area is 220 Å². The molecule has 1 amide bonds. The molecule has 38 heavy (non-hydrogen) atoms. The number of benzene rings is 3. The van der Waals surface area contributed by atoms with E-state index in [4.69, 9.17) is 4.74 Å². The van der Waals surface area contributed by atoms with Crippen molar-refractivity contribution in [3.05, 3.63) is 107 Å². The summed E-state index contributed by atoms with van der Waals surface area (Å²) in [6.45, 7) is 4.43. The number of hydrogen-bond donors (Lipinski definition) is 2. The number of hydrogen-bond acceptors (Lipinski definition) is 4. The number of amides is 1. The lowest BCUT2D eigenvalue weighted by atomic mass is 9.93. The fourth-order valence-corrected chi connectivity index (χ4v) is 5.02. The van der Waals surface area contributed by atoms with Crippen molar-refractivity contribution in [2.24, 2.45) is 0 Å². The molecule has 3 aromatic carbocycles. The summed E-state index contributed by atoms with van der Waals surface area (Å²) < 4.78 is 18.9. The van der Waals surface area contributed by atoms with Crippen molar-refractivity contribution in [3.63, 3.8) is 0 Å². The Morgan fingerprint density at radius 2 is 1.76 bits per heavy atom. The molecule has 6 nitrogen and oxygen atoms in total. The number of carbonyl (C=O) groups is 2. The molecule has 0 radical (unpaired) electrons. The van der Waals surface area contributed by atoms with Gasteiger partial charge >= 0.3 is 0 Å². The van der Waals surface area contributed by atoms with Gasteiger partial charge in [0.05, 0.1) is 18.7 Å². The summed E-state index contributed by atoms with van der Waals surface area (Å²) in [5.74, 6) is -1.18. The second-order valence-electron chi connectivity index (χ2n) is 9.80. The van der Waals surface area contributed by atoms with Crippen LogP contribution in [0, 0.1) is 5.82 Å². The van der Waals surface area contributed by atoms with E-state index >= 15 is 0 Å². The highest BCUT2D eigenvalue weighted by Crippen LogP contribution is 2.40. The molecule has 1 aromatic heterocycles. The van der Waals surface area contributed by atoms with Crippen LogP contribution in [0.25, 0.3) is 16.7 Å². The third-order valence-electron chi connectivity index (χ3n) is 7.17. The first-order valence-electron chi connectivity index (χ1n) is 12.6. The molecule has 1 saturated heterocycles. The van der Waals surface area contributed by atoms with Gasteiger partial charge in [-0.25, -0.2) is 4.39 Å². The van der Waals surface area contributed by atoms with E-state index in [1.165, 1.54) is 29.2 Å². The van der Waals surface area contributed by atoms with E-state index in [1.807, 2.05) is 48.7 Å². The molecular weight excluding hydrogens is 483 g/mol. The number of H-pyrrole nitrogens is 1. The number of halogens is 1. The number of aromatic nitrogens is 1. The second kappa shape index (κ2) is 10.2. The standard InChI is InChI=1S/C31H29FN2O4/c1-18(2)19-4-6-20(7-5-19)28-27(29(35)21-8-10-23(32)11-9-21)30(36)31(37)34(28)15-14-22-17-33-26-13-12-24(38-3)16-25(22)26/h4-13,16-18,28,33,35H,14-15H2,1-3H3/t28-/m0/s1. The Kier molecular flexibility index (Phi) is 6.76. The van der Waals surface area contributed by atoms with E-state index in [2.05, 4.69) is 18.8 Å². The lowest BCUT2D eigenvalue weighted by molar-refractivity contribution is -0.139. The van der Waals surface area contributed by atoms with Crippen LogP contribution in [0.4, 0.5) is 4.39 Å². The first-order chi connectivity index (χ1) is 18.3. The molecule has 4 aromatic rings. The van der Waals surface area contributed by atoms with Crippen molar-refractivity contribution in [1.29, 1.82) is 0 Å². The number of Topliss-reactive ketones (excluding diaryl/α,β-unsaturated/α-hetero) is 1. The van der Waals surface area contributed by atoms with Crippen LogP contribution < -0.4 is 4.74 Å². The topological polar surface area (TPSA) is 82.6 Å². The number of ether oxygens (including phenoxy) is 1. The fourth-order valence-electron chi connectivity index (χ4n) is 5.02. The molecule has 0 spiro atoms. The Morgan fingerprint density at radius 1 is 1.05 bits per heavy atom. The molecule has 5 rings (SSSR count). The Hall–Kier alpha value is -4.39. The minimum atomic E-state index is -0.777. The van der Waals surface area contributed by atoms with Crippen molar-refractivity contribution >= 4 is 28.4 Å². The second-order valence-corrected chi connectivity index (χ2v) is 9.80. The zero-order chi connectivity index (χ0) is 27.0. The number of methoxy groups -OCH3 is 1. The van der Waals surface area contributed by atoms with Gasteiger partial charge in [-0.05, 0) is 71.5 Å². The third kappa shape index (κ3) is 4.56. The van der Waals surface area contributed by atoms with Gasteiger partial charge in [-0.1, -0.05) is 38.1 Å². The van der Waals surface area contributed by atoms with Crippen molar-refractivity contribution in [2.45, 2.75) is 32.2 Å². The average molecular weight is 513 g/mol. The molecule has 1 atom stereocenters. The number of fused-ring (bicyclic) bond motifs is 1. The summed E-state index contributed by atoms with van der Waals surface area (Å²) in [6, 6.07) is 17.9. The number of nitrogens with zero attached hydrogens (tertiary/aromatic N) is 1. The predicted molar refractivity (Wildman–Crippen MR) is 144 cm³/mol. The predicted octanol–water partition coefficient (Wildman–Crippen LogP) is 6.10. The summed E-state index contributed by atoms with van der Waals surface area (Å²) in [6.07, 6.45) is 2.38. The molecule has 1 fully saturated rings. The first-order valence-corrected chi connectivity index (χ1v) is 12.6. The zero-order valence-corrected chi connectivity index (χ0v) is 21.5. The summed E-state index contributed by atoms with van der Waals surface area (Å²) >= 11 is 0. The highest BCUT2D eigenvalue weighted by Gasteiger charge is 2.45. The molecule has 1 aliphatic heterocycles. The molecule has 0 bridgehead atoms. The minimum absolute atomic E-state index is 0.000462. The number of aliphatic hydroxyl groups is 1. The number of likely N-dealkylation sites (tertiary alicyclic amines) is 1. The van der Waals surface area contributed by atoms with Crippen LogP contribution in [0.15, 0.2) is 78.5 Å². The summed E-state index contributed by atoms with van der Waals surface area (Å²) in [7, 11) is 1.61. The van der Waals surface area contributed by atoms with E-state index in [1.54, 1.807) is 7.11 Å². The van der Waals surface area contributed by atoms with Crippen LogP contribution in [0.2, 0.25) is 0 Å². The van der Waals surface area contributed by atoms with Crippen LogP contribution in [0.1, 0.15) is 48.1 Å². The Bertz CT molecular complexity index is 1530. The quantitative estimate of drug-likeness (QED) is 0.178. The minimum Gasteiger partial charge on any atom is -0.507 e. The number of ketones is 1. The van der Waals surface area contributed by atoms with Gasteiger partial charge in [0, 0.05) is 29.2 Å². The lowest BCUT2D eigenvalue weighted by Crippen LogP contribution is -2.31. The molecule has 2 N–H and O–H groups in total. The van der Waals surface area contributed by atoms with Gasteiger partial charge in [0.25, 0.3) is 11.7 Å². The average Bonchev–Trinajstić information content (AvgIpc) is 3.44. The largest absolute Gasteiger partial charge is 0.507 e. The van der Waals surface area contributed by atoms with Crippen molar-refractivity contribution < 1.29 is 23.8 Å². The van der Waals surface area contributed by atoms with Crippen molar-refractivity contribution in [1.82, 2.24) is 9.88 Å². The van der Waals surface area contributed by atoms with Gasteiger partial charge in [-0.3, -0.25) is 9.59 Å². The van der Waals surface area contributed by atoms with E-state index in [9.17, 15) is 19.1 Å². The number of aromatic amines is 1. The van der Waals surface area contributed by atoms with Crippen LogP contribution in [-0.4, -0.2) is 40.3 Å². The molecule has 0 aliphatic carbocycles. The molecule has 1 aliphatic rings. The van der Waals surface area contributed by atoms with E-state index in [0.29, 0.717) is 12.3 Å². The lowest BCUT2D eigenvalue weighted by Gasteiger charge is -2.25.